The number of nitrogens with one attached hydrogen (secondary N) is 2. The van der Waals surface area contributed by atoms with Gasteiger partial charge in [-0.3, -0.25) is 10.2 Å². The monoisotopic (exact) mass is 310 g/mol. The Morgan fingerprint density at radius 3 is 2.50 bits per heavy atom. The molecule has 1 aromatic heterocycles. The number of benzene rings is 2. The van der Waals surface area contributed by atoms with Gasteiger partial charge in [0.1, 0.15) is 0 Å². The molecule has 0 aliphatic rings. The molecule has 1 heterocycles. The third-order valence-corrected chi connectivity index (χ3v) is 3.54. The van der Waals surface area contributed by atoms with Gasteiger partial charge in [-0.05, 0) is 24.4 Å². The summed E-state index contributed by atoms with van der Waals surface area (Å²) >= 11 is 5.12. The van der Waals surface area contributed by atoms with Crippen molar-refractivity contribution in [2.45, 2.75) is 0 Å². The fourth-order valence-corrected chi connectivity index (χ4v) is 2.27. The number of nitrogens with zero attached hydrogens (tertiary/aromatic N) is 2. The molecule has 0 unspecified atom stereocenters. The minimum atomic E-state index is -0.193. The van der Waals surface area contributed by atoms with Gasteiger partial charge in [-0.25, -0.2) is 4.98 Å². The summed E-state index contributed by atoms with van der Waals surface area (Å²) in [7, 11) is 1.69. The van der Waals surface area contributed by atoms with Crippen LogP contribution in [0.5, 0.6) is 0 Å². The van der Waals surface area contributed by atoms with Crippen LogP contribution < -0.4 is 16.3 Å². The van der Waals surface area contributed by atoms with Gasteiger partial charge in [-0.2, -0.15) is 4.68 Å². The number of para-hydroxylation sites is 1. The van der Waals surface area contributed by atoms with Crippen molar-refractivity contribution in [1.29, 1.82) is 0 Å². The predicted octanol–water partition coefficient (Wildman–Crippen LogP) is 2.11. The molecule has 0 saturated carbocycles. The van der Waals surface area contributed by atoms with Crippen LogP contribution in [0.15, 0.2) is 59.4 Å². The molecule has 0 atom stereocenters. The first-order valence-electron chi connectivity index (χ1n) is 6.76. The van der Waals surface area contributed by atoms with E-state index in [9.17, 15) is 4.79 Å². The Morgan fingerprint density at radius 1 is 1.09 bits per heavy atom. The molecule has 22 heavy (non-hydrogen) atoms. The lowest BCUT2D eigenvalue weighted by molar-refractivity contribution is 0.896. The van der Waals surface area contributed by atoms with Gasteiger partial charge in [-0.15, -0.1) is 0 Å². The van der Waals surface area contributed by atoms with E-state index in [2.05, 4.69) is 15.7 Å². The molecular formula is C16H14N4OS. The van der Waals surface area contributed by atoms with Crippen LogP contribution in [0.25, 0.3) is 22.3 Å². The zero-order valence-corrected chi connectivity index (χ0v) is 12.7. The lowest BCUT2D eigenvalue weighted by Crippen LogP contribution is -2.39. The maximum Gasteiger partial charge on any atom is 0.280 e. The second-order valence-electron chi connectivity index (χ2n) is 4.65. The lowest BCUT2D eigenvalue weighted by Gasteiger charge is -2.15. The summed E-state index contributed by atoms with van der Waals surface area (Å²) in [5, 5.41) is 3.68. The topological polar surface area (TPSA) is 58.9 Å². The third kappa shape index (κ3) is 2.56. The molecule has 3 rings (SSSR count). The zero-order chi connectivity index (χ0) is 15.5. The summed E-state index contributed by atoms with van der Waals surface area (Å²) in [6.07, 6.45) is 0. The standard InChI is InChI=1S/C16H14N4OS/c1-17-16(22)19-20-14(11-7-3-2-4-8-11)18-13-10-6-5-9-12(13)15(20)21/h2-10H,1H3,(H2,17,19,22). The van der Waals surface area contributed by atoms with E-state index in [-0.39, 0.29) is 5.56 Å². The molecule has 0 aliphatic carbocycles. The summed E-state index contributed by atoms with van der Waals surface area (Å²) in [6.45, 7) is 0. The van der Waals surface area contributed by atoms with Crippen molar-refractivity contribution in [3.05, 3.63) is 65.0 Å². The van der Waals surface area contributed by atoms with Gasteiger partial charge in [-0.1, -0.05) is 42.5 Å². The Morgan fingerprint density at radius 2 is 1.77 bits per heavy atom. The van der Waals surface area contributed by atoms with Gasteiger partial charge in [0, 0.05) is 12.6 Å². The minimum absolute atomic E-state index is 0.193. The Labute approximate surface area is 132 Å². The predicted molar refractivity (Wildman–Crippen MR) is 92.5 cm³/mol. The Kier molecular flexibility index (Phi) is 3.84. The highest BCUT2D eigenvalue weighted by Gasteiger charge is 2.13. The second-order valence-corrected chi connectivity index (χ2v) is 5.06. The fraction of sp³-hybridized carbons (Fsp3) is 0.0625. The van der Waals surface area contributed by atoms with E-state index in [0.717, 1.165) is 5.56 Å². The Hall–Kier alpha value is -2.73. The SMILES string of the molecule is CNC(=S)Nn1c(-c2ccccc2)nc2ccccc2c1=O. The van der Waals surface area contributed by atoms with E-state index in [1.807, 2.05) is 48.5 Å². The minimum Gasteiger partial charge on any atom is -0.364 e. The van der Waals surface area contributed by atoms with E-state index in [0.29, 0.717) is 21.8 Å². The van der Waals surface area contributed by atoms with Crippen LogP contribution in [0.4, 0.5) is 0 Å². The van der Waals surface area contributed by atoms with Gasteiger partial charge in [0.25, 0.3) is 5.56 Å². The smallest absolute Gasteiger partial charge is 0.280 e. The van der Waals surface area contributed by atoms with Gasteiger partial charge < -0.3 is 5.32 Å². The zero-order valence-electron chi connectivity index (χ0n) is 11.9. The summed E-state index contributed by atoms with van der Waals surface area (Å²) < 4.78 is 1.37. The van der Waals surface area contributed by atoms with E-state index in [1.54, 1.807) is 13.1 Å². The molecule has 2 N–H and O–H groups in total. The number of hydrogen-bond donors (Lipinski definition) is 2. The molecule has 5 nitrogen and oxygen atoms in total. The van der Waals surface area contributed by atoms with Crippen molar-refractivity contribution in [3.8, 4) is 11.4 Å². The van der Waals surface area contributed by atoms with Crippen molar-refractivity contribution in [1.82, 2.24) is 15.0 Å². The quantitative estimate of drug-likeness (QED) is 0.710. The fourth-order valence-electron chi connectivity index (χ4n) is 2.17. The molecule has 0 fully saturated rings. The van der Waals surface area contributed by atoms with Crippen LogP contribution in [-0.2, 0) is 0 Å². The highest BCUT2D eigenvalue weighted by atomic mass is 32.1. The molecule has 0 radical (unpaired) electrons. The maximum atomic E-state index is 12.7. The second kappa shape index (κ2) is 5.95. The molecule has 0 spiro atoms. The maximum absolute atomic E-state index is 12.7. The van der Waals surface area contributed by atoms with Crippen molar-refractivity contribution < 1.29 is 0 Å². The molecule has 110 valence electrons. The average molecular weight is 310 g/mol. The number of aromatic nitrogens is 2. The number of fused-ring (bicyclic) bond motifs is 1. The number of thiocarbonyl (C=S) groups is 1. The van der Waals surface area contributed by atoms with Crippen LogP contribution >= 0.6 is 12.2 Å². The molecule has 0 aliphatic heterocycles. The largest absolute Gasteiger partial charge is 0.364 e. The van der Waals surface area contributed by atoms with Gasteiger partial charge in [0.2, 0.25) is 0 Å². The lowest BCUT2D eigenvalue weighted by atomic mass is 10.2. The first kappa shape index (κ1) is 14.2. The van der Waals surface area contributed by atoms with E-state index >= 15 is 0 Å². The molecular weight excluding hydrogens is 296 g/mol. The van der Waals surface area contributed by atoms with Crippen molar-refractivity contribution in [2.24, 2.45) is 0 Å². The van der Waals surface area contributed by atoms with Crippen LogP contribution in [0.2, 0.25) is 0 Å². The number of hydrogen-bond acceptors (Lipinski definition) is 3. The molecule has 0 bridgehead atoms. The first-order valence-corrected chi connectivity index (χ1v) is 7.17. The highest BCUT2D eigenvalue weighted by molar-refractivity contribution is 7.80. The van der Waals surface area contributed by atoms with Gasteiger partial charge in [0.05, 0.1) is 10.9 Å². The first-order chi connectivity index (χ1) is 10.7. The molecule has 2 aromatic carbocycles. The van der Waals surface area contributed by atoms with E-state index in [1.165, 1.54) is 4.68 Å². The Bertz CT molecular complexity index is 890. The Balaban J connectivity index is 2.31. The van der Waals surface area contributed by atoms with Crippen molar-refractivity contribution in [3.63, 3.8) is 0 Å². The van der Waals surface area contributed by atoms with Crippen LogP contribution in [0, 0.1) is 0 Å². The molecule has 0 amide bonds. The molecule has 0 saturated heterocycles. The molecule has 6 heteroatoms. The van der Waals surface area contributed by atoms with Crippen molar-refractivity contribution >= 4 is 28.2 Å². The molecule has 3 aromatic rings. The van der Waals surface area contributed by atoms with E-state index < -0.39 is 0 Å². The summed E-state index contributed by atoms with van der Waals surface area (Å²) in [6, 6.07) is 16.8. The van der Waals surface area contributed by atoms with Crippen LogP contribution in [0.1, 0.15) is 0 Å². The van der Waals surface area contributed by atoms with E-state index in [4.69, 9.17) is 12.2 Å². The summed E-state index contributed by atoms with van der Waals surface area (Å²) in [4.78, 5) is 17.4. The van der Waals surface area contributed by atoms with Gasteiger partial charge >= 0.3 is 0 Å². The average Bonchev–Trinajstić information content (AvgIpc) is 2.58. The van der Waals surface area contributed by atoms with Crippen molar-refractivity contribution in [2.75, 3.05) is 12.5 Å². The van der Waals surface area contributed by atoms with Crippen LogP contribution in [0.3, 0.4) is 0 Å². The van der Waals surface area contributed by atoms with Gasteiger partial charge in [0.15, 0.2) is 10.9 Å². The highest BCUT2D eigenvalue weighted by Crippen LogP contribution is 2.17. The summed E-state index contributed by atoms with van der Waals surface area (Å²) in [5.74, 6) is 0.516. The number of rotatable bonds is 2. The third-order valence-electron chi connectivity index (χ3n) is 3.25. The summed E-state index contributed by atoms with van der Waals surface area (Å²) in [5.41, 5.74) is 4.17. The van der Waals surface area contributed by atoms with Crippen LogP contribution in [-0.4, -0.2) is 21.8 Å². The normalized spacial score (nSPS) is 10.4.